The minimum atomic E-state index is -0.283. The highest BCUT2D eigenvalue weighted by atomic mass is 16.7. The van der Waals surface area contributed by atoms with Crippen molar-refractivity contribution < 1.29 is 18.6 Å². The fourth-order valence-electron chi connectivity index (χ4n) is 2.20. The number of ether oxygens (including phenoxy) is 3. The predicted molar refractivity (Wildman–Crippen MR) is 76.9 cm³/mol. The number of benzene rings is 1. The summed E-state index contributed by atoms with van der Waals surface area (Å²) in [4.78, 5) is 0. The van der Waals surface area contributed by atoms with E-state index in [1.807, 2.05) is 31.2 Å². The maximum atomic E-state index is 5.82. The fraction of sp³-hybridized carbons (Fsp3) is 0.467. The standard InChI is InChI=1S/C15H21NO4/c1-10(15(18-3)19-4)16-9-12-8-11-6-5-7-13(17-2)14(11)20-12/h5-8,10,15-16H,9H2,1-4H3. The first-order valence-corrected chi connectivity index (χ1v) is 6.54. The van der Waals surface area contributed by atoms with Crippen LogP contribution in [-0.2, 0) is 16.0 Å². The van der Waals surface area contributed by atoms with Crippen molar-refractivity contribution in [2.24, 2.45) is 0 Å². The molecule has 110 valence electrons. The van der Waals surface area contributed by atoms with Gasteiger partial charge in [-0.2, -0.15) is 0 Å². The highest BCUT2D eigenvalue weighted by molar-refractivity contribution is 5.83. The quantitative estimate of drug-likeness (QED) is 0.789. The van der Waals surface area contributed by atoms with E-state index in [1.54, 1.807) is 21.3 Å². The van der Waals surface area contributed by atoms with Gasteiger partial charge >= 0.3 is 0 Å². The number of methoxy groups -OCH3 is 3. The largest absolute Gasteiger partial charge is 0.493 e. The zero-order chi connectivity index (χ0) is 14.5. The minimum Gasteiger partial charge on any atom is -0.493 e. The average Bonchev–Trinajstić information content (AvgIpc) is 2.89. The Balaban J connectivity index is 2.07. The van der Waals surface area contributed by atoms with Crippen LogP contribution < -0.4 is 10.1 Å². The Kier molecular flexibility index (Phi) is 5.00. The summed E-state index contributed by atoms with van der Waals surface area (Å²) in [7, 11) is 4.88. The third-order valence-corrected chi connectivity index (χ3v) is 3.25. The molecule has 5 nitrogen and oxygen atoms in total. The van der Waals surface area contributed by atoms with Crippen LogP contribution in [0.15, 0.2) is 28.7 Å². The average molecular weight is 279 g/mol. The van der Waals surface area contributed by atoms with Gasteiger partial charge in [-0.15, -0.1) is 0 Å². The van der Waals surface area contributed by atoms with Crippen LogP contribution in [0.4, 0.5) is 0 Å². The van der Waals surface area contributed by atoms with E-state index in [9.17, 15) is 0 Å². The fourth-order valence-corrected chi connectivity index (χ4v) is 2.20. The summed E-state index contributed by atoms with van der Waals surface area (Å²) in [5.74, 6) is 1.59. The highest BCUT2D eigenvalue weighted by Crippen LogP contribution is 2.28. The normalized spacial score (nSPS) is 13.1. The van der Waals surface area contributed by atoms with E-state index in [-0.39, 0.29) is 12.3 Å². The Morgan fingerprint density at radius 2 is 1.95 bits per heavy atom. The molecule has 1 heterocycles. The molecule has 5 heteroatoms. The second-order valence-corrected chi connectivity index (χ2v) is 4.60. The van der Waals surface area contributed by atoms with Crippen LogP contribution in [-0.4, -0.2) is 33.7 Å². The molecule has 0 fully saturated rings. The van der Waals surface area contributed by atoms with Crippen molar-refractivity contribution in [2.75, 3.05) is 21.3 Å². The van der Waals surface area contributed by atoms with Crippen molar-refractivity contribution in [3.63, 3.8) is 0 Å². The topological polar surface area (TPSA) is 52.9 Å². The summed E-state index contributed by atoms with van der Waals surface area (Å²) in [6, 6.07) is 7.90. The third-order valence-electron chi connectivity index (χ3n) is 3.25. The highest BCUT2D eigenvalue weighted by Gasteiger charge is 2.16. The molecule has 0 aliphatic carbocycles. The van der Waals surface area contributed by atoms with Crippen molar-refractivity contribution in [3.8, 4) is 5.75 Å². The van der Waals surface area contributed by atoms with E-state index in [0.717, 1.165) is 22.5 Å². The van der Waals surface area contributed by atoms with Crippen molar-refractivity contribution in [1.82, 2.24) is 5.32 Å². The number of nitrogens with one attached hydrogen (secondary N) is 1. The van der Waals surface area contributed by atoms with Gasteiger partial charge in [-0.25, -0.2) is 0 Å². The molecule has 2 rings (SSSR count). The Hall–Kier alpha value is -1.56. The van der Waals surface area contributed by atoms with Gasteiger partial charge in [0, 0.05) is 19.6 Å². The Morgan fingerprint density at radius 3 is 2.60 bits per heavy atom. The molecule has 0 bridgehead atoms. The Morgan fingerprint density at radius 1 is 1.20 bits per heavy atom. The number of furan rings is 1. The van der Waals surface area contributed by atoms with E-state index < -0.39 is 0 Å². The van der Waals surface area contributed by atoms with E-state index >= 15 is 0 Å². The lowest BCUT2D eigenvalue weighted by atomic mass is 10.2. The first kappa shape index (κ1) is 14.8. The monoisotopic (exact) mass is 279 g/mol. The zero-order valence-corrected chi connectivity index (χ0v) is 12.3. The Labute approximate surface area is 118 Å². The maximum Gasteiger partial charge on any atom is 0.176 e. The third kappa shape index (κ3) is 3.12. The second-order valence-electron chi connectivity index (χ2n) is 4.60. The van der Waals surface area contributed by atoms with Crippen LogP contribution in [0.2, 0.25) is 0 Å². The van der Waals surface area contributed by atoms with Crippen LogP contribution in [0.3, 0.4) is 0 Å². The lowest BCUT2D eigenvalue weighted by Crippen LogP contribution is -2.39. The Bertz CT molecular complexity index is 548. The zero-order valence-electron chi connectivity index (χ0n) is 12.3. The van der Waals surface area contributed by atoms with Crippen molar-refractivity contribution in [3.05, 3.63) is 30.0 Å². The summed E-state index contributed by atoms with van der Waals surface area (Å²) in [6.07, 6.45) is -0.283. The number of para-hydroxylation sites is 1. The molecule has 2 aromatic rings. The number of fused-ring (bicyclic) bond motifs is 1. The summed E-state index contributed by atoms with van der Waals surface area (Å²) in [6.45, 7) is 2.60. The van der Waals surface area contributed by atoms with Crippen LogP contribution in [0, 0.1) is 0 Å². The number of rotatable bonds is 7. The maximum absolute atomic E-state index is 5.82. The van der Waals surface area contributed by atoms with Gasteiger partial charge in [-0.3, -0.25) is 0 Å². The van der Waals surface area contributed by atoms with Gasteiger partial charge in [0.15, 0.2) is 17.6 Å². The van der Waals surface area contributed by atoms with Crippen LogP contribution in [0.25, 0.3) is 11.0 Å². The van der Waals surface area contributed by atoms with Gasteiger partial charge in [-0.05, 0) is 19.1 Å². The molecule has 1 unspecified atom stereocenters. The van der Waals surface area contributed by atoms with Gasteiger partial charge in [0.1, 0.15) is 5.76 Å². The molecule has 0 amide bonds. The lowest BCUT2D eigenvalue weighted by Gasteiger charge is -2.21. The summed E-state index contributed by atoms with van der Waals surface area (Å²) in [5.41, 5.74) is 0.773. The van der Waals surface area contributed by atoms with Crippen molar-refractivity contribution in [2.45, 2.75) is 25.8 Å². The van der Waals surface area contributed by atoms with Crippen LogP contribution in [0.5, 0.6) is 5.75 Å². The first-order chi connectivity index (χ1) is 9.69. The van der Waals surface area contributed by atoms with E-state index in [0.29, 0.717) is 6.54 Å². The number of hydrogen-bond acceptors (Lipinski definition) is 5. The number of hydrogen-bond donors (Lipinski definition) is 1. The molecular formula is C15H21NO4. The van der Waals surface area contributed by atoms with E-state index in [2.05, 4.69) is 5.32 Å². The van der Waals surface area contributed by atoms with E-state index in [4.69, 9.17) is 18.6 Å². The predicted octanol–water partition coefficient (Wildman–Crippen LogP) is 2.54. The molecule has 20 heavy (non-hydrogen) atoms. The molecular weight excluding hydrogens is 258 g/mol. The van der Waals surface area contributed by atoms with Gasteiger partial charge in [0.05, 0.1) is 19.7 Å². The molecule has 0 saturated carbocycles. The molecule has 1 N–H and O–H groups in total. The van der Waals surface area contributed by atoms with Gasteiger partial charge in [0.25, 0.3) is 0 Å². The molecule has 1 aromatic carbocycles. The summed E-state index contributed by atoms with van der Waals surface area (Å²) in [5, 5.41) is 4.35. The van der Waals surface area contributed by atoms with Crippen LogP contribution in [0.1, 0.15) is 12.7 Å². The van der Waals surface area contributed by atoms with E-state index in [1.165, 1.54) is 0 Å². The lowest BCUT2D eigenvalue weighted by molar-refractivity contribution is -0.119. The van der Waals surface area contributed by atoms with Crippen molar-refractivity contribution in [1.29, 1.82) is 0 Å². The van der Waals surface area contributed by atoms with Crippen molar-refractivity contribution >= 4 is 11.0 Å². The van der Waals surface area contributed by atoms with Gasteiger partial charge in [-0.1, -0.05) is 12.1 Å². The summed E-state index contributed by atoms with van der Waals surface area (Å²) >= 11 is 0. The van der Waals surface area contributed by atoms with Gasteiger partial charge in [0.2, 0.25) is 0 Å². The van der Waals surface area contributed by atoms with Gasteiger partial charge < -0.3 is 23.9 Å². The second kappa shape index (κ2) is 6.74. The summed E-state index contributed by atoms with van der Waals surface area (Å²) < 4.78 is 21.5. The molecule has 1 aromatic heterocycles. The smallest absolute Gasteiger partial charge is 0.176 e. The minimum absolute atomic E-state index is 0.0557. The molecule has 0 aliphatic rings. The van der Waals surface area contributed by atoms with Crippen LogP contribution >= 0.6 is 0 Å². The first-order valence-electron chi connectivity index (χ1n) is 6.54. The molecule has 0 radical (unpaired) electrons. The molecule has 0 spiro atoms. The molecule has 1 atom stereocenters. The molecule has 0 saturated heterocycles. The SMILES string of the molecule is COc1cccc2cc(CNC(C)C(OC)OC)oc12. The molecule has 0 aliphatic heterocycles.